The number of rotatable bonds is 8. The van der Waals surface area contributed by atoms with Crippen LogP contribution in [0.1, 0.15) is 26.8 Å². The van der Waals surface area contributed by atoms with E-state index in [0.29, 0.717) is 11.5 Å². The largest absolute Gasteiger partial charge is 0.493 e. The number of carboxylic acid groups (broad SMARTS) is 1. The molecule has 10 nitrogen and oxygen atoms in total. The summed E-state index contributed by atoms with van der Waals surface area (Å²) in [6.45, 7) is 0.216. The molecule has 1 aromatic carbocycles. The second-order valence-corrected chi connectivity index (χ2v) is 4.79. The molecule has 134 valence electrons. The Balaban J connectivity index is 2.06. The number of aromatic nitrogens is 3. The molecule has 0 saturated carbocycles. The van der Waals surface area contributed by atoms with E-state index in [-0.39, 0.29) is 41.8 Å². The standard InChI is InChI=1S/C15H18N4O6/c1-23-9-5-4-8(11(24-2)12(9)25-3)14(20)16-7-6-10-17-13(15(21)22)19-18-10/h4-5H,6-7H2,1-3H3,(H,16,20)(H,21,22)(H,17,18,19). The zero-order valence-corrected chi connectivity index (χ0v) is 14.0. The van der Waals surface area contributed by atoms with Gasteiger partial charge in [0.1, 0.15) is 0 Å². The van der Waals surface area contributed by atoms with Gasteiger partial charge < -0.3 is 24.6 Å². The summed E-state index contributed by atoms with van der Waals surface area (Å²) >= 11 is 0. The molecule has 0 aliphatic rings. The maximum Gasteiger partial charge on any atom is 0.373 e. The molecule has 25 heavy (non-hydrogen) atoms. The number of ether oxygens (including phenoxy) is 3. The highest BCUT2D eigenvalue weighted by Crippen LogP contribution is 2.39. The van der Waals surface area contributed by atoms with Crippen LogP contribution in [0.2, 0.25) is 0 Å². The molecule has 0 aliphatic heterocycles. The lowest BCUT2D eigenvalue weighted by molar-refractivity contribution is 0.0683. The maximum atomic E-state index is 12.4. The van der Waals surface area contributed by atoms with Gasteiger partial charge in [-0.25, -0.2) is 9.78 Å². The minimum Gasteiger partial charge on any atom is -0.493 e. The molecule has 0 aliphatic carbocycles. The molecule has 0 fully saturated rings. The van der Waals surface area contributed by atoms with Gasteiger partial charge in [-0.15, -0.1) is 0 Å². The summed E-state index contributed by atoms with van der Waals surface area (Å²) < 4.78 is 15.7. The topological polar surface area (TPSA) is 136 Å². The fraction of sp³-hybridized carbons (Fsp3) is 0.333. The number of nitrogens with one attached hydrogen (secondary N) is 2. The summed E-state index contributed by atoms with van der Waals surface area (Å²) in [6.07, 6.45) is 0.269. The molecule has 0 bridgehead atoms. The maximum absolute atomic E-state index is 12.4. The summed E-state index contributed by atoms with van der Waals surface area (Å²) in [5.41, 5.74) is 0.279. The summed E-state index contributed by atoms with van der Waals surface area (Å²) in [7, 11) is 4.36. The van der Waals surface area contributed by atoms with Gasteiger partial charge in [0.2, 0.25) is 11.6 Å². The second kappa shape index (κ2) is 7.99. The van der Waals surface area contributed by atoms with Gasteiger partial charge in [-0.05, 0) is 12.1 Å². The van der Waals surface area contributed by atoms with Gasteiger partial charge in [0.25, 0.3) is 5.91 Å². The number of H-pyrrole nitrogens is 1. The van der Waals surface area contributed by atoms with E-state index in [0.717, 1.165) is 0 Å². The minimum absolute atomic E-state index is 0.216. The van der Waals surface area contributed by atoms with Crippen molar-refractivity contribution in [3.05, 3.63) is 29.3 Å². The summed E-state index contributed by atoms with van der Waals surface area (Å²) in [6, 6.07) is 3.16. The van der Waals surface area contributed by atoms with Crippen LogP contribution in [-0.2, 0) is 6.42 Å². The van der Waals surface area contributed by atoms with Gasteiger partial charge >= 0.3 is 5.97 Å². The Kier molecular flexibility index (Phi) is 5.77. The Morgan fingerprint density at radius 3 is 2.44 bits per heavy atom. The van der Waals surface area contributed by atoms with Crippen LogP contribution in [0.3, 0.4) is 0 Å². The first-order valence-electron chi connectivity index (χ1n) is 7.23. The first-order valence-corrected chi connectivity index (χ1v) is 7.23. The van der Waals surface area contributed by atoms with E-state index in [4.69, 9.17) is 19.3 Å². The highest BCUT2D eigenvalue weighted by atomic mass is 16.5. The van der Waals surface area contributed by atoms with Crippen molar-refractivity contribution in [2.75, 3.05) is 27.9 Å². The van der Waals surface area contributed by atoms with Crippen molar-refractivity contribution in [1.29, 1.82) is 0 Å². The summed E-state index contributed by atoms with van der Waals surface area (Å²) in [5, 5.41) is 17.5. The molecule has 0 radical (unpaired) electrons. The Hall–Kier alpha value is -3.30. The molecular weight excluding hydrogens is 332 g/mol. The van der Waals surface area contributed by atoms with E-state index in [1.54, 1.807) is 12.1 Å². The fourth-order valence-corrected chi connectivity index (χ4v) is 2.17. The third-order valence-electron chi connectivity index (χ3n) is 3.32. The number of benzene rings is 1. The van der Waals surface area contributed by atoms with E-state index < -0.39 is 5.97 Å². The van der Waals surface area contributed by atoms with Crippen LogP contribution in [0.4, 0.5) is 0 Å². The monoisotopic (exact) mass is 350 g/mol. The van der Waals surface area contributed by atoms with Gasteiger partial charge in [0.05, 0.1) is 26.9 Å². The predicted molar refractivity (Wildman–Crippen MR) is 85.5 cm³/mol. The van der Waals surface area contributed by atoms with E-state index in [1.165, 1.54) is 21.3 Å². The molecule has 0 spiro atoms. The van der Waals surface area contributed by atoms with Crippen molar-refractivity contribution < 1.29 is 28.9 Å². The van der Waals surface area contributed by atoms with E-state index in [9.17, 15) is 9.59 Å². The lowest BCUT2D eigenvalue weighted by Crippen LogP contribution is -2.26. The van der Waals surface area contributed by atoms with Crippen LogP contribution in [0.25, 0.3) is 0 Å². The summed E-state index contributed by atoms with van der Waals surface area (Å²) in [4.78, 5) is 26.9. The summed E-state index contributed by atoms with van der Waals surface area (Å²) in [5.74, 6) is -0.523. The molecule has 2 aromatic rings. The number of nitrogens with zero attached hydrogens (tertiary/aromatic N) is 2. The number of carbonyl (C=O) groups is 2. The Morgan fingerprint density at radius 1 is 1.16 bits per heavy atom. The van der Waals surface area contributed by atoms with Crippen molar-refractivity contribution in [3.63, 3.8) is 0 Å². The number of carbonyl (C=O) groups excluding carboxylic acids is 1. The van der Waals surface area contributed by atoms with E-state index in [2.05, 4.69) is 20.5 Å². The highest BCUT2D eigenvalue weighted by Gasteiger charge is 2.20. The Labute approximate surface area is 143 Å². The van der Waals surface area contributed by atoms with E-state index in [1.807, 2.05) is 0 Å². The van der Waals surface area contributed by atoms with Crippen molar-refractivity contribution in [2.24, 2.45) is 0 Å². The molecule has 0 unspecified atom stereocenters. The molecule has 10 heteroatoms. The molecule has 0 saturated heterocycles. The lowest BCUT2D eigenvalue weighted by atomic mass is 10.1. The zero-order chi connectivity index (χ0) is 18.4. The molecule has 2 rings (SSSR count). The van der Waals surface area contributed by atoms with Crippen molar-refractivity contribution >= 4 is 11.9 Å². The molecular formula is C15H18N4O6. The quantitative estimate of drug-likeness (QED) is 0.626. The zero-order valence-electron chi connectivity index (χ0n) is 14.0. The van der Waals surface area contributed by atoms with Gasteiger partial charge in [-0.3, -0.25) is 9.89 Å². The number of amides is 1. The number of hydrogen-bond acceptors (Lipinski definition) is 7. The van der Waals surface area contributed by atoms with Crippen molar-refractivity contribution in [3.8, 4) is 17.2 Å². The van der Waals surface area contributed by atoms with Crippen LogP contribution in [0.5, 0.6) is 17.2 Å². The third-order valence-corrected chi connectivity index (χ3v) is 3.32. The van der Waals surface area contributed by atoms with Gasteiger partial charge in [0.15, 0.2) is 17.3 Å². The number of aromatic carboxylic acids is 1. The first-order chi connectivity index (χ1) is 12.0. The molecule has 1 amide bonds. The Bertz CT molecular complexity index is 773. The fourth-order valence-electron chi connectivity index (χ4n) is 2.17. The first kappa shape index (κ1) is 18.0. The third kappa shape index (κ3) is 3.97. The lowest BCUT2D eigenvalue weighted by Gasteiger charge is -2.15. The Morgan fingerprint density at radius 2 is 1.88 bits per heavy atom. The normalized spacial score (nSPS) is 10.2. The number of aromatic amines is 1. The number of hydrogen-bond donors (Lipinski definition) is 3. The SMILES string of the molecule is COc1ccc(C(=O)NCCc2n[nH]c(C(=O)O)n2)c(OC)c1OC. The molecule has 1 heterocycles. The molecule has 0 atom stereocenters. The van der Waals surface area contributed by atoms with Gasteiger partial charge in [-0.1, -0.05) is 0 Å². The smallest absolute Gasteiger partial charge is 0.373 e. The number of carboxylic acids is 1. The van der Waals surface area contributed by atoms with Crippen molar-refractivity contribution in [1.82, 2.24) is 20.5 Å². The van der Waals surface area contributed by atoms with Crippen LogP contribution >= 0.6 is 0 Å². The molecule has 1 aromatic heterocycles. The average molecular weight is 350 g/mol. The average Bonchev–Trinajstić information content (AvgIpc) is 3.09. The van der Waals surface area contributed by atoms with Crippen LogP contribution < -0.4 is 19.5 Å². The van der Waals surface area contributed by atoms with Crippen LogP contribution in [-0.4, -0.2) is 60.0 Å². The molecule has 3 N–H and O–H groups in total. The van der Waals surface area contributed by atoms with E-state index >= 15 is 0 Å². The number of methoxy groups -OCH3 is 3. The van der Waals surface area contributed by atoms with Crippen LogP contribution in [0.15, 0.2) is 12.1 Å². The van der Waals surface area contributed by atoms with Crippen molar-refractivity contribution in [2.45, 2.75) is 6.42 Å². The van der Waals surface area contributed by atoms with Crippen LogP contribution in [0, 0.1) is 0 Å². The van der Waals surface area contributed by atoms with Gasteiger partial charge in [-0.2, -0.15) is 5.10 Å². The predicted octanol–water partition coefficient (Wildman–Crippen LogP) is 0.501. The highest BCUT2D eigenvalue weighted by molar-refractivity contribution is 5.98. The second-order valence-electron chi connectivity index (χ2n) is 4.79. The minimum atomic E-state index is -1.20. The van der Waals surface area contributed by atoms with Gasteiger partial charge in [0, 0.05) is 13.0 Å².